The van der Waals surface area contributed by atoms with Crippen LogP contribution in [-0.4, -0.2) is 57.8 Å². The number of likely N-dealkylation sites (tertiary alicyclic amines) is 1. The Morgan fingerprint density at radius 1 is 1.00 bits per heavy atom. The van der Waals surface area contributed by atoms with Crippen LogP contribution in [-0.2, 0) is 24.3 Å². The Labute approximate surface area is 214 Å². The summed E-state index contributed by atoms with van der Waals surface area (Å²) < 4.78 is 34.0. The number of amides is 1. The van der Waals surface area contributed by atoms with Crippen molar-refractivity contribution in [2.45, 2.75) is 31.7 Å². The number of rotatable bonds is 8. The number of fused-ring (bicyclic) bond motifs is 1. The molecule has 0 saturated carbocycles. The average molecular weight is 506 g/mol. The third kappa shape index (κ3) is 5.65. The van der Waals surface area contributed by atoms with Crippen molar-refractivity contribution in [2.24, 2.45) is 0 Å². The molecule has 1 aromatic heterocycles. The summed E-state index contributed by atoms with van der Waals surface area (Å²) in [4.78, 5) is 19.4. The largest absolute Gasteiger partial charge is 0.445 e. The van der Waals surface area contributed by atoms with Crippen molar-refractivity contribution in [1.82, 2.24) is 14.8 Å². The first kappa shape index (κ1) is 24.9. The van der Waals surface area contributed by atoms with E-state index >= 15 is 0 Å². The molecular formula is C29H29F2N3O3. The van der Waals surface area contributed by atoms with Crippen LogP contribution in [0.2, 0.25) is 0 Å². The molecule has 0 spiro atoms. The Balaban J connectivity index is 1.31. The number of halogens is 2. The summed E-state index contributed by atoms with van der Waals surface area (Å²) in [7, 11) is 0. The third-order valence-corrected chi connectivity index (χ3v) is 6.94. The molecule has 1 fully saturated rings. The molecule has 1 amide bonds. The van der Waals surface area contributed by atoms with Crippen molar-refractivity contribution >= 4 is 17.0 Å². The van der Waals surface area contributed by atoms with Gasteiger partial charge in [-0.3, -0.25) is 4.90 Å². The Morgan fingerprint density at radius 3 is 2.62 bits per heavy atom. The monoisotopic (exact) mass is 505 g/mol. The van der Waals surface area contributed by atoms with Gasteiger partial charge in [-0.2, -0.15) is 0 Å². The predicted molar refractivity (Wildman–Crippen MR) is 137 cm³/mol. The van der Waals surface area contributed by atoms with Gasteiger partial charge < -0.3 is 19.7 Å². The summed E-state index contributed by atoms with van der Waals surface area (Å²) >= 11 is 0. The molecular weight excluding hydrogens is 476 g/mol. The lowest BCUT2D eigenvalue weighted by Gasteiger charge is -2.30. The van der Waals surface area contributed by atoms with Crippen LogP contribution >= 0.6 is 0 Å². The number of carbonyl (C=O) groups is 1. The zero-order valence-corrected chi connectivity index (χ0v) is 20.3. The molecule has 4 aromatic rings. The van der Waals surface area contributed by atoms with E-state index in [4.69, 9.17) is 4.74 Å². The fraction of sp³-hybridized carbons (Fsp3) is 0.276. The molecule has 3 aromatic carbocycles. The molecule has 1 aliphatic rings. The highest BCUT2D eigenvalue weighted by Crippen LogP contribution is 2.24. The Morgan fingerprint density at radius 2 is 1.78 bits per heavy atom. The van der Waals surface area contributed by atoms with Crippen LogP contribution in [0.5, 0.6) is 0 Å². The summed E-state index contributed by atoms with van der Waals surface area (Å²) in [6.07, 6.45) is 1.20. The van der Waals surface area contributed by atoms with Gasteiger partial charge in [-0.1, -0.05) is 60.7 Å². The molecule has 37 heavy (non-hydrogen) atoms. The van der Waals surface area contributed by atoms with Crippen LogP contribution in [0.25, 0.3) is 10.9 Å². The van der Waals surface area contributed by atoms with Crippen LogP contribution < -0.4 is 0 Å². The van der Waals surface area contributed by atoms with Crippen LogP contribution in [0.3, 0.4) is 0 Å². The van der Waals surface area contributed by atoms with E-state index in [1.165, 1.54) is 11.0 Å². The number of aliphatic hydroxyl groups excluding tert-OH is 1. The number of ether oxygens (including phenoxy) is 1. The van der Waals surface area contributed by atoms with Crippen LogP contribution in [0.4, 0.5) is 13.6 Å². The number of aromatic nitrogens is 1. The first-order valence-corrected chi connectivity index (χ1v) is 12.3. The summed E-state index contributed by atoms with van der Waals surface area (Å²) in [6, 6.07) is 21.0. The highest BCUT2D eigenvalue weighted by molar-refractivity contribution is 5.83. The minimum Gasteiger partial charge on any atom is -0.445 e. The summed E-state index contributed by atoms with van der Waals surface area (Å²) in [5.74, 6) is -1.81. The van der Waals surface area contributed by atoms with E-state index in [1.54, 1.807) is 6.07 Å². The number of β-amino-alcohol motifs (C(OH)–C–C–N with tert-alkyl or cyclic N) is 1. The first-order valence-electron chi connectivity index (χ1n) is 12.3. The van der Waals surface area contributed by atoms with Crippen LogP contribution in [0, 0.1) is 11.6 Å². The molecule has 0 unspecified atom stereocenters. The van der Waals surface area contributed by atoms with E-state index in [1.807, 2.05) is 65.7 Å². The molecule has 0 bridgehead atoms. The van der Waals surface area contributed by atoms with Gasteiger partial charge in [0.2, 0.25) is 0 Å². The number of nitrogens with one attached hydrogen (secondary N) is 1. The predicted octanol–water partition coefficient (Wildman–Crippen LogP) is 4.87. The minimum absolute atomic E-state index is 0.0978. The lowest BCUT2D eigenvalue weighted by molar-refractivity contribution is 0.0775. The number of H-pyrrole nitrogens is 1. The minimum atomic E-state index is -0.910. The van der Waals surface area contributed by atoms with Crippen molar-refractivity contribution in [2.75, 3.05) is 19.6 Å². The molecule has 1 saturated heterocycles. The third-order valence-electron chi connectivity index (χ3n) is 6.94. The van der Waals surface area contributed by atoms with Gasteiger partial charge in [0.15, 0.2) is 11.6 Å². The molecule has 0 radical (unpaired) electrons. The van der Waals surface area contributed by atoms with E-state index in [9.17, 15) is 18.7 Å². The van der Waals surface area contributed by atoms with Gasteiger partial charge in [0, 0.05) is 42.3 Å². The maximum atomic E-state index is 14.6. The molecule has 5 rings (SSSR count). The maximum Gasteiger partial charge on any atom is 0.410 e. The van der Waals surface area contributed by atoms with E-state index in [0.29, 0.717) is 13.0 Å². The normalized spacial score (nSPS) is 17.6. The van der Waals surface area contributed by atoms with E-state index in [-0.39, 0.29) is 31.8 Å². The van der Waals surface area contributed by atoms with Crippen molar-refractivity contribution < 1.29 is 23.4 Å². The number of para-hydroxylation sites is 1. The van der Waals surface area contributed by atoms with E-state index < -0.39 is 29.9 Å². The van der Waals surface area contributed by atoms with E-state index in [2.05, 4.69) is 4.98 Å². The van der Waals surface area contributed by atoms with Gasteiger partial charge in [0.1, 0.15) is 6.61 Å². The number of aliphatic hydroxyl groups is 1. The summed E-state index contributed by atoms with van der Waals surface area (Å²) in [6.45, 7) is 1.04. The zero-order valence-electron chi connectivity index (χ0n) is 20.3. The molecule has 2 N–H and O–H groups in total. The van der Waals surface area contributed by atoms with Crippen LogP contribution in [0.1, 0.15) is 16.7 Å². The Bertz CT molecular complexity index is 1360. The molecule has 6 nitrogen and oxygen atoms in total. The number of nitrogens with zero attached hydrogens (tertiary/aromatic N) is 2. The summed E-state index contributed by atoms with van der Waals surface area (Å²) in [5, 5.41) is 12.0. The van der Waals surface area contributed by atoms with Crippen molar-refractivity contribution in [3.63, 3.8) is 0 Å². The fourth-order valence-electron chi connectivity index (χ4n) is 4.94. The second kappa shape index (κ2) is 11.1. The lowest BCUT2D eigenvalue weighted by atomic mass is 10.1. The summed E-state index contributed by atoms with van der Waals surface area (Å²) in [5.41, 5.74) is 3.19. The second-order valence-corrected chi connectivity index (χ2v) is 9.37. The molecule has 192 valence electrons. The number of hydrogen-bond donors (Lipinski definition) is 2. The molecule has 0 aliphatic carbocycles. The van der Waals surface area contributed by atoms with Crippen molar-refractivity contribution in [3.8, 4) is 0 Å². The smallest absolute Gasteiger partial charge is 0.410 e. The van der Waals surface area contributed by atoms with Gasteiger partial charge in [0.05, 0.1) is 18.7 Å². The first-order chi connectivity index (χ1) is 18.0. The van der Waals surface area contributed by atoms with E-state index in [0.717, 1.165) is 28.1 Å². The molecule has 2 atom stereocenters. The Kier molecular flexibility index (Phi) is 7.48. The number of aromatic amines is 1. The quantitative estimate of drug-likeness (QED) is 0.359. The van der Waals surface area contributed by atoms with Crippen LogP contribution in [0.15, 0.2) is 79.0 Å². The number of benzene rings is 3. The van der Waals surface area contributed by atoms with Gasteiger partial charge in [-0.25, -0.2) is 13.6 Å². The lowest BCUT2D eigenvalue weighted by Crippen LogP contribution is -2.44. The van der Waals surface area contributed by atoms with Crippen molar-refractivity contribution in [3.05, 3.63) is 107 Å². The number of carbonyl (C=O) groups excluding carboxylic acids is 1. The average Bonchev–Trinajstić information content (AvgIpc) is 3.51. The fourth-order valence-corrected chi connectivity index (χ4v) is 4.94. The highest BCUT2D eigenvalue weighted by Gasteiger charge is 2.38. The van der Waals surface area contributed by atoms with Gasteiger partial charge >= 0.3 is 6.09 Å². The molecule has 8 heteroatoms. The van der Waals surface area contributed by atoms with Gasteiger partial charge in [0.25, 0.3) is 0 Å². The SMILES string of the molecule is O=C(OCc1ccccc1)N1C[C@@H](O)[C@H](N(CCc2c[nH]c3ccccc23)Cc2cccc(F)c2F)C1. The van der Waals surface area contributed by atoms with Gasteiger partial charge in [-0.05, 0) is 29.7 Å². The van der Waals surface area contributed by atoms with Crippen molar-refractivity contribution in [1.29, 1.82) is 0 Å². The molecule has 1 aliphatic heterocycles. The topological polar surface area (TPSA) is 68.8 Å². The highest BCUT2D eigenvalue weighted by atomic mass is 19.2. The standard InChI is InChI=1S/C29H29F2N3O3/c30-24-11-6-9-22(28(24)31)16-33(14-13-21-15-32-25-12-5-4-10-23(21)25)26-17-34(18-27(26)35)29(36)37-19-20-7-2-1-3-8-20/h1-12,15,26-27,32,35H,13-14,16-19H2/t26-,27-/m1/s1. The molecule has 2 heterocycles. The zero-order chi connectivity index (χ0) is 25.8. The number of hydrogen-bond acceptors (Lipinski definition) is 4. The maximum absolute atomic E-state index is 14.6. The second-order valence-electron chi connectivity index (χ2n) is 9.37. The Hall–Kier alpha value is -3.75. The van der Waals surface area contributed by atoms with Gasteiger partial charge in [-0.15, -0.1) is 0 Å².